The number of hydrogen-bond acceptors (Lipinski definition) is 2. The third-order valence-corrected chi connectivity index (χ3v) is 3.48. The van der Waals surface area contributed by atoms with E-state index in [4.69, 9.17) is 5.73 Å². The minimum absolute atomic E-state index is 0.124. The Labute approximate surface area is 139 Å². The predicted octanol–water partition coefficient (Wildman–Crippen LogP) is 4.78. The molecular formula is C19H16FN3O. The Morgan fingerprint density at radius 1 is 0.833 bits per heavy atom. The predicted molar refractivity (Wildman–Crippen MR) is 94.9 cm³/mol. The average molecular weight is 321 g/mol. The fourth-order valence-corrected chi connectivity index (χ4v) is 2.32. The van der Waals surface area contributed by atoms with Crippen LogP contribution in [0.15, 0.2) is 78.9 Å². The van der Waals surface area contributed by atoms with Crippen LogP contribution in [0.5, 0.6) is 0 Å². The van der Waals surface area contributed by atoms with Crippen LogP contribution in [-0.2, 0) is 0 Å². The number of hydrogen-bond donors (Lipinski definition) is 2. The molecule has 4 nitrogen and oxygen atoms in total. The number of nitrogens with zero attached hydrogens (tertiary/aromatic N) is 1. The Morgan fingerprint density at radius 2 is 1.42 bits per heavy atom. The Balaban J connectivity index is 1.97. The van der Waals surface area contributed by atoms with Crippen LogP contribution in [0.25, 0.3) is 0 Å². The van der Waals surface area contributed by atoms with Crippen molar-refractivity contribution in [2.45, 2.75) is 0 Å². The Bertz CT molecular complexity index is 835. The number of nitrogens with one attached hydrogen (secondary N) is 1. The summed E-state index contributed by atoms with van der Waals surface area (Å²) in [5, 5.41) is 2.60. The zero-order valence-corrected chi connectivity index (χ0v) is 12.8. The molecule has 0 spiro atoms. The van der Waals surface area contributed by atoms with Gasteiger partial charge in [0.2, 0.25) is 0 Å². The van der Waals surface area contributed by atoms with Crippen LogP contribution < -0.4 is 16.0 Å². The van der Waals surface area contributed by atoms with Gasteiger partial charge < -0.3 is 11.1 Å². The van der Waals surface area contributed by atoms with Gasteiger partial charge in [-0.2, -0.15) is 0 Å². The Morgan fingerprint density at radius 3 is 2.08 bits per heavy atom. The molecule has 0 bridgehead atoms. The second-order valence-electron chi connectivity index (χ2n) is 5.17. The van der Waals surface area contributed by atoms with Gasteiger partial charge in [-0.15, -0.1) is 0 Å². The molecule has 0 heterocycles. The standard InChI is InChI=1S/C19H16FN3O/c20-17-8-4-5-9-18(17)22-19(24)23(15-6-2-1-3-7-15)16-12-10-14(21)11-13-16/h1-13H,21H2,(H,22,24). The Hall–Kier alpha value is -3.34. The normalized spacial score (nSPS) is 10.2. The first kappa shape index (κ1) is 15.6. The number of urea groups is 1. The summed E-state index contributed by atoms with van der Waals surface area (Å²) in [6.45, 7) is 0. The van der Waals surface area contributed by atoms with E-state index < -0.39 is 11.8 Å². The van der Waals surface area contributed by atoms with Crippen LogP contribution in [0, 0.1) is 5.82 Å². The molecule has 0 saturated carbocycles. The first-order valence-electron chi connectivity index (χ1n) is 7.41. The molecular weight excluding hydrogens is 305 g/mol. The highest BCUT2D eigenvalue weighted by molar-refractivity contribution is 6.07. The first-order chi connectivity index (χ1) is 11.6. The summed E-state index contributed by atoms with van der Waals surface area (Å²) in [4.78, 5) is 14.2. The second kappa shape index (κ2) is 6.83. The molecule has 2 amide bonds. The number of anilines is 4. The molecule has 0 fully saturated rings. The summed E-state index contributed by atoms with van der Waals surface area (Å²) in [7, 11) is 0. The largest absolute Gasteiger partial charge is 0.399 e. The molecule has 0 aromatic heterocycles. The van der Waals surface area contributed by atoms with E-state index in [2.05, 4.69) is 5.32 Å². The number of carbonyl (C=O) groups excluding carboxylic acids is 1. The van der Waals surface area contributed by atoms with E-state index in [1.807, 2.05) is 18.2 Å². The van der Waals surface area contributed by atoms with Crippen molar-refractivity contribution < 1.29 is 9.18 Å². The molecule has 5 heteroatoms. The highest BCUT2D eigenvalue weighted by atomic mass is 19.1. The van der Waals surface area contributed by atoms with Crippen molar-refractivity contribution in [1.29, 1.82) is 0 Å². The fraction of sp³-hybridized carbons (Fsp3) is 0. The van der Waals surface area contributed by atoms with Gasteiger partial charge in [-0.05, 0) is 48.5 Å². The molecule has 0 saturated heterocycles. The summed E-state index contributed by atoms with van der Waals surface area (Å²) >= 11 is 0. The molecule has 0 aliphatic rings. The maximum absolute atomic E-state index is 13.8. The van der Waals surface area contributed by atoms with Crippen molar-refractivity contribution in [2.24, 2.45) is 0 Å². The number of nitrogens with two attached hydrogens (primary N) is 1. The van der Waals surface area contributed by atoms with E-state index in [1.54, 1.807) is 48.5 Å². The number of amides is 2. The first-order valence-corrected chi connectivity index (χ1v) is 7.41. The number of benzene rings is 3. The molecule has 0 atom stereocenters. The van der Waals surface area contributed by atoms with E-state index in [9.17, 15) is 9.18 Å². The quantitative estimate of drug-likeness (QED) is 0.682. The molecule has 0 radical (unpaired) electrons. The maximum atomic E-state index is 13.8. The van der Waals surface area contributed by atoms with Crippen LogP contribution in [0.2, 0.25) is 0 Å². The van der Waals surface area contributed by atoms with Crippen molar-refractivity contribution in [2.75, 3.05) is 16.0 Å². The van der Waals surface area contributed by atoms with Gasteiger partial charge in [-0.25, -0.2) is 9.18 Å². The maximum Gasteiger partial charge on any atom is 0.331 e. The van der Waals surface area contributed by atoms with Gasteiger partial charge in [0.25, 0.3) is 0 Å². The van der Waals surface area contributed by atoms with E-state index in [0.717, 1.165) is 0 Å². The van der Waals surface area contributed by atoms with Crippen LogP contribution in [0.1, 0.15) is 0 Å². The Kier molecular flexibility index (Phi) is 4.43. The SMILES string of the molecule is Nc1ccc(N(C(=O)Nc2ccccc2F)c2ccccc2)cc1. The van der Waals surface area contributed by atoms with Crippen molar-refractivity contribution in [3.05, 3.63) is 84.7 Å². The molecule has 24 heavy (non-hydrogen) atoms. The summed E-state index contributed by atoms with van der Waals surface area (Å²) in [6.07, 6.45) is 0. The van der Waals surface area contributed by atoms with Gasteiger partial charge in [0, 0.05) is 5.69 Å². The lowest BCUT2D eigenvalue weighted by Crippen LogP contribution is -2.31. The van der Waals surface area contributed by atoms with E-state index in [-0.39, 0.29) is 5.69 Å². The lowest BCUT2D eigenvalue weighted by molar-refractivity contribution is 0.259. The molecule has 3 N–H and O–H groups in total. The second-order valence-corrected chi connectivity index (χ2v) is 5.17. The highest BCUT2D eigenvalue weighted by Gasteiger charge is 2.19. The van der Waals surface area contributed by atoms with Crippen LogP contribution in [0.3, 0.4) is 0 Å². The zero-order valence-electron chi connectivity index (χ0n) is 12.8. The number of nitrogen functional groups attached to an aromatic ring is 1. The number of rotatable bonds is 3. The minimum Gasteiger partial charge on any atom is -0.399 e. The van der Waals surface area contributed by atoms with Gasteiger partial charge in [0.1, 0.15) is 5.82 Å². The molecule has 0 aliphatic carbocycles. The molecule has 3 rings (SSSR count). The molecule has 0 unspecified atom stereocenters. The van der Waals surface area contributed by atoms with Crippen molar-refractivity contribution in [1.82, 2.24) is 0 Å². The highest BCUT2D eigenvalue weighted by Crippen LogP contribution is 2.27. The summed E-state index contributed by atoms with van der Waals surface area (Å²) in [5.41, 5.74) is 7.73. The fourth-order valence-electron chi connectivity index (χ4n) is 2.32. The third kappa shape index (κ3) is 3.35. The summed E-state index contributed by atoms with van der Waals surface area (Å²) < 4.78 is 13.8. The molecule has 0 aliphatic heterocycles. The van der Waals surface area contributed by atoms with Gasteiger partial charge in [-0.3, -0.25) is 4.90 Å². The molecule has 3 aromatic carbocycles. The van der Waals surface area contributed by atoms with E-state index in [0.29, 0.717) is 17.1 Å². The van der Waals surface area contributed by atoms with Crippen LogP contribution in [-0.4, -0.2) is 6.03 Å². The third-order valence-electron chi connectivity index (χ3n) is 3.48. The van der Waals surface area contributed by atoms with Gasteiger partial charge in [-0.1, -0.05) is 30.3 Å². The van der Waals surface area contributed by atoms with Crippen LogP contribution in [0.4, 0.5) is 31.9 Å². The van der Waals surface area contributed by atoms with Crippen molar-refractivity contribution in [3.63, 3.8) is 0 Å². The van der Waals surface area contributed by atoms with Gasteiger partial charge in [0.05, 0.1) is 17.1 Å². The average Bonchev–Trinajstić information content (AvgIpc) is 2.60. The van der Waals surface area contributed by atoms with Crippen molar-refractivity contribution >= 4 is 28.8 Å². The topological polar surface area (TPSA) is 58.4 Å². The summed E-state index contributed by atoms with van der Waals surface area (Å²) in [6, 6.07) is 21.6. The van der Waals surface area contributed by atoms with E-state index in [1.165, 1.54) is 17.0 Å². The lowest BCUT2D eigenvalue weighted by atomic mass is 10.2. The number of carbonyl (C=O) groups is 1. The monoisotopic (exact) mass is 321 g/mol. The smallest absolute Gasteiger partial charge is 0.331 e. The van der Waals surface area contributed by atoms with Gasteiger partial charge in [0.15, 0.2) is 0 Å². The molecule has 3 aromatic rings. The van der Waals surface area contributed by atoms with E-state index >= 15 is 0 Å². The number of para-hydroxylation sites is 2. The number of halogens is 1. The van der Waals surface area contributed by atoms with Crippen molar-refractivity contribution in [3.8, 4) is 0 Å². The zero-order chi connectivity index (χ0) is 16.9. The van der Waals surface area contributed by atoms with Crippen LogP contribution >= 0.6 is 0 Å². The summed E-state index contributed by atoms with van der Waals surface area (Å²) in [5.74, 6) is -0.490. The molecule has 120 valence electrons. The minimum atomic E-state index is -0.490. The lowest BCUT2D eigenvalue weighted by Gasteiger charge is -2.23. The van der Waals surface area contributed by atoms with Gasteiger partial charge >= 0.3 is 6.03 Å².